The van der Waals surface area contributed by atoms with Crippen LogP contribution in [0, 0.1) is 13.8 Å². The standard InChI is InChI=1S/C21H24N4O2/c1-16-8-3-5-10-18(16)14-22-24-20(26)12-7-13-21(27)25-23-15-19-11-6-4-9-17(19)2/h3-6,8-11,14-15H,7,12-13H2,1-2H3,(H,24,26)(H,25,27). The third kappa shape index (κ3) is 7.23. The van der Waals surface area contributed by atoms with Crippen LogP contribution in [0.25, 0.3) is 0 Å². The summed E-state index contributed by atoms with van der Waals surface area (Å²) in [5, 5.41) is 7.89. The summed E-state index contributed by atoms with van der Waals surface area (Å²) in [5.74, 6) is -0.452. The predicted molar refractivity (Wildman–Crippen MR) is 108 cm³/mol. The van der Waals surface area contributed by atoms with Gasteiger partial charge in [0.1, 0.15) is 0 Å². The Balaban J connectivity index is 1.65. The molecule has 0 saturated heterocycles. The summed E-state index contributed by atoms with van der Waals surface area (Å²) in [6, 6.07) is 15.5. The van der Waals surface area contributed by atoms with Gasteiger partial charge < -0.3 is 0 Å². The van der Waals surface area contributed by atoms with Crippen molar-refractivity contribution in [3.63, 3.8) is 0 Å². The van der Waals surface area contributed by atoms with E-state index in [0.717, 1.165) is 22.3 Å². The van der Waals surface area contributed by atoms with E-state index in [9.17, 15) is 9.59 Å². The van der Waals surface area contributed by atoms with E-state index in [4.69, 9.17) is 0 Å². The van der Waals surface area contributed by atoms with Gasteiger partial charge in [0.2, 0.25) is 11.8 Å². The van der Waals surface area contributed by atoms with E-state index in [-0.39, 0.29) is 24.7 Å². The molecule has 0 aliphatic rings. The summed E-state index contributed by atoms with van der Waals surface area (Å²) in [6.07, 6.45) is 4.10. The fourth-order valence-electron chi connectivity index (χ4n) is 2.33. The molecular formula is C21H24N4O2. The van der Waals surface area contributed by atoms with Gasteiger partial charge in [-0.1, -0.05) is 48.5 Å². The number of benzene rings is 2. The zero-order valence-electron chi connectivity index (χ0n) is 15.6. The van der Waals surface area contributed by atoms with Crippen LogP contribution < -0.4 is 10.9 Å². The largest absolute Gasteiger partial charge is 0.273 e. The molecule has 0 saturated carbocycles. The van der Waals surface area contributed by atoms with Crippen molar-refractivity contribution in [3.05, 3.63) is 70.8 Å². The minimum Gasteiger partial charge on any atom is -0.273 e. The molecule has 2 aromatic carbocycles. The van der Waals surface area contributed by atoms with Gasteiger partial charge in [-0.15, -0.1) is 0 Å². The van der Waals surface area contributed by atoms with Gasteiger partial charge in [-0.25, -0.2) is 10.9 Å². The summed E-state index contributed by atoms with van der Waals surface area (Å²) < 4.78 is 0. The second-order valence-electron chi connectivity index (χ2n) is 6.15. The Morgan fingerprint density at radius 2 is 1.19 bits per heavy atom. The number of hydrogen-bond donors (Lipinski definition) is 2. The topological polar surface area (TPSA) is 82.9 Å². The highest BCUT2D eigenvalue weighted by molar-refractivity contribution is 5.85. The first kappa shape index (κ1) is 20.0. The normalized spacial score (nSPS) is 11.0. The molecule has 2 amide bonds. The highest BCUT2D eigenvalue weighted by Crippen LogP contribution is 2.04. The minimum absolute atomic E-state index is 0.222. The predicted octanol–water partition coefficient (Wildman–Crippen LogP) is 3.07. The summed E-state index contributed by atoms with van der Waals surface area (Å²) in [6.45, 7) is 3.95. The van der Waals surface area contributed by atoms with Crippen LogP contribution in [0.15, 0.2) is 58.7 Å². The molecule has 0 spiro atoms. The molecule has 0 radical (unpaired) electrons. The summed E-state index contributed by atoms with van der Waals surface area (Å²) in [4.78, 5) is 23.5. The van der Waals surface area contributed by atoms with Crippen molar-refractivity contribution >= 4 is 24.2 Å². The second-order valence-corrected chi connectivity index (χ2v) is 6.15. The molecular weight excluding hydrogens is 340 g/mol. The Bertz CT molecular complexity index is 774. The van der Waals surface area contributed by atoms with Gasteiger partial charge in [-0.2, -0.15) is 10.2 Å². The van der Waals surface area contributed by atoms with Crippen LogP contribution in [0.4, 0.5) is 0 Å². The van der Waals surface area contributed by atoms with Crippen molar-refractivity contribution in [1.82, 2.24) is 10.9 Å². The maximum atomic E-state index is 11.8. The first-order valence-electron chi connectivity index (χ1n) is 8.81. The van der Waals surface area contributed by atoms with Crippen molar-refractivity contribution in [2.24, 2.45) is 10.2 Å². The quantitative estimate of drug-likeness (QED) is 0.557. The van der Waals surface area contributed by atoms with Crippen molar-refractivity contribution < 1.29 is 9.59 Å². The summed E-state index contributed by atoms with van der Waals surface area (Å²) in [5.41, 5.74) is 9.00. The third-order valence-electron chi connectivity index (χ3n) is 3.97. The number of rotatable bonds is 8. The van der Waals surface area contributed by atoms with Gasteiger partial charge in [-0.3, -0.25) is 9.59 Å². The van der Waals surface area contributed by atoms with Gasteiger partial charge in [-0.05, 0) is 42.5 Å². The van der Waals surface area contributed by atoms with Gasteiger partial charge in [0.05, 0.1) is 12.4 Å². The minimum atomic E-state index is -0.226. The van der Waals surface area contributed by atoms with E-state index in [0.29, 0.717) is 6.42 Å². The summed E-state index contributed by atoms with van der Waals surface area (Å²) >= 11 is 0. The average Bonchev–Trinajstić information content (AvgIpc) is 2.65. The van der Waals surface area contributed by atoms with E-state index in [1.807, 2.05) is 62.4 Å². The van der Waals surface area contributed by atoms with Crippen LogP contribution in [0.2, 0.25) is 0 Å². The molecule has 0 aliphatic carbocycles. The van der Waals surface area contributed by atoms with Crippen LogP contribution >= 0.6 is 0 Å². The molecule has 0 bridgehead atoms. The van der Waals surface area contributed by atoms with E-state index in [2.05, 4.69) is 21.1 Å². The maximum absolute atomic E-state index is 11.8. The number of nitrogens with zero attached hydrogens (tertiary/aromatic N) is 2. The Hall–Kier alpha value is -3.28. The van der Waals surface area contributed by atoms with Crippen molar-refractivity contribution in [1.29, 1.82) is 0 Å². The number of carbonyl (C=O) groups is 2. The van der Waals surface area contributed by atoms with Gasteiger partial charge >= 0.3 is 0 Å². The highest BCUT2D eigenvalue weighted by atomic mass is 16.2. The van der Waals surface area contributed by atoms with Gasteiger partial charge in [0.25, 0.3) is 0 Å². The molecule has 0 heterocycles. The number of hydrazone groups is 2. The van der Waals surface area contributed by atoms with E-state index in [1.54, 1.807) is 12.4 Å². The lowest BCUT2D eigenvalue weighted by Crippen LogP contribution is -2.20. The number of aryl methyl sites for hydroxylation is 2. The number of amides is 2. The molecule has 0 unspecified atom stereocenters. The van der Waals surface area contributed by atoms with Crippen LogP contribution in [0.5, 0.6) is 0 Å². The van der Waals surface area contributed by atoms with Crippen molar-refractivity contribution in [2.45, 2.75) is 33.1 Å². The zero-order chi connectivity index (χ0) is 19.5. The third-order valence-corrected chi connectivity index (χ3v) is 3.97. The van der Waals surface area contributed by atoms with Crippen LogP contribution in [-0.4, -0.2) is 24.2 Å². The van der Waals surface area contributed by atoms with Crippen molar-refractivity contribution in [3.8, 4) is 0 Å². The molecule has 27 heavy (non-hydrogen) atoms. The van der Waals surface area contributed by atoms with E-state index >= 15 is 0 Å². The molecule has 140 valence electrons. The Morgan fingerprint density at radius 3 is 1.59 bits per heavy atom. The zero-order valence-corrected chi connectivity index (χ0v) is 15.6. The molecule has 0 fully saturated rings. The SMILES string of the molecule is Cc1ccccc1C=NNC(=O)CCCC(=O)NN=Cc1ccccc1C. The molecule has 2 rings (SSSR count). The van der Waals surface area contributed by atoms with E-state index in [1.165, 1.54) is 0 Å². The average molecular weight is 364 g/mol. The lowest BCUT2D eigenvalue weighted by atomic mass is 10.1. The first-order chi connectivity index (χ1) is 13.1. The maximum Gasteiger partial charge on any atom is 0.240 e. The molecule has 2 aromatic rings. The highest BCUT2D eigenvalue weighted by Gasteiger charge is 2.04. The van der Waals surface area contributed by atoms with Gasteiger partial charge in [0.15, 0.2) is 0 Å². The van der Waals surface area contributed by atoms with Gasteiger partial charge in [0, 0.05) is 12.8 Å². The van der Waals surface area contributed by atoms with Crippen molar-refractivity contribution in [2.75, 3.05) is 0 Å². The molecule has 6 nitrogen and oxygen atoms in total. The number of carbonyl (C=O) groups excluding carboxylic acids is 2. The molecule has 0 aliphatic heterocycles. The molecule has 0 aromatic heterocycles. The fourth-order valence-corrected chi connectivity index (χ4v) is 2.33. The number of nitrogens with one attached hydrogen (secondary N) is 2. The van der Waals surface area contributed by atoms with E-state index < -0.39 is 0 Å². The second kappa shape index (κ2) is 10.7. The first-order valence-corrected chi connectivity index (χ1v) is 8.81. The Labute approximate surface area is 159 Å². The Morgan fingerprint density at radius 1 is 0.778 bits per heavy atom. The smallest absolute Gasteiger partial charge is 0.240 e. The molecule has 2 N–H and O–H groups in total. The monoisotopic (exact) mass is 364 g/mol. The number of hydrogen-bond acceptors (Lipinski definition) is 4. The van der Waals surface area contributed by atoms with Crippen LogP contribution in [0.1, 0.15) is 41.5 Å². The van der Waals surface area contributed by atoms with Crippen LogP contribution in [0.3, 0.4) is 0 Å². The Kier molecular flexibility index (Phi) is 7.91. The fraction of sp³-hybridized carbons (Fsp3) is 0.238. The lowest BCUT2D eigenvalue weighted by Gasteiger charge is -2.02. The van der Waals surface area contributed by atoms with Crippen LogP contribution in [-0.2, 0) is 9.59 Å². The summed E-state index contributed by atoms with van der Waals surface area (Å²) in [7, 11) is 0. The molecule has 0 atom stereocenters. The lowest BCUT2D eigenvalue weighted by molar-refractivity contribution is -0.122. The molecule has 6 heteroatoms.